The Bertz CT molecular complexity index is 2440. The minimum absolute atomic E-state index is 0.394. The van der Waals surface area contributed by atoms with Gasteiger partial charge in [0, 0.05) is 11.3 Å². The van der Waals surface area contributed by atoms with E-state index in [1.807, 2.05) is 12.1 Å². The van der Waals surface area contributed by atoms with Gasteiger partial charge in [0.05, 0.1) is 11.1 Å². The van der Waals surface area contributed by atoms with E-state index in [2.05, 4.69) is 209 Å². The normalized spacial score (nSPS) is 13.7. The highest BCUT2D eigenvalue weighted by atomic mass is 14.8. The van der Waals surface area contributed by atoms with Gasteiger partial charge in [-0.25, -0.2) is 0 Å². The lowest BCUT2D eigenvalue weighted by Gasteiger charge is -2.34. The molecule has 0 spiro atoms. The largest absolute Gasteiger partial charge is 0.252 e. The third-order valence-electron chi connectivity index (χ3n) is 10.5. The maximum Gasteiger partial charge on any atom is 0.0713 e. The summed E-state index contributed by atoms with van der Waals surface area (Å²) >= 11 is 0. The molecule has 1 aliphatic rings. The molecule has 1 aliphatic carbocycles. The Kier molecular flexibility index (Phi) is 9.23. The van der Waals surface area contributed by atoms with Gasteiger partial charge in [0.15, 0.2) is 0 Å². The zero-order chi connectivity index (χ0) is 36.2. The van der Waals surface area contributed by atoms with E-state index in [0.717, 1.165) is 39.2 Å². The smallest absolute Gasteiger partial charge is 0.0713 e. The molecule has 8 rings (SSSR count). The molecule has 0 atom stereocenters. The third-order valence-corrected chi connectivity index (χ3v) is 10.5. The molecule has 1 nitrogen and oxygen atoms in total. The van der Waals surface area contributed by atoms with Gasteiger partial charge in [-0.1, -0.05) is 201 Å². The topological polar surface area (TPSA) is 12.4 Å². The Hall–Kier alpha value is -6.57. The van der Waals surface area contributed by atoms with Gasteiger partial charge in [0.2, 0.25) is 0 Å². The molecule has 53 heavy (non-hydrogen) atoms. The highest BCUT2D eigenvalue weighted by molar-refractivity contribution is 6.02. The van der Waals surface area contributed by atoms with Crippen molar-refractivity contribution in [1.29, 1.82) is 0 Å². The molecule has 0 heterocycles. The van der Waals surface area contributed by atoms with E-state index in [1.54, 1.807) is 0 Å². The Morgan fingerprint density at radius 1 is 0.491 bits per heavy atom. The van der Waals surface area contributed by atoms with Gasteiger partial charge < -0.3 is 0 Å². The summed E-state index contributed by atoms with van der Waals surface area (Å²) in [6, 6.07) is 67.4. The maximum atomic E-state index is 5.19. The van der Waals surface area contributed by atoms with Crippen molar-refractivity contribution in [3.8, 4) is 22.3 Å². The van der Waals surface area contributed by atoms with Crippen LogP contribution in [0, 0.1) is 0 Å². The Morgan fingerprint density at radius 2 is 0.943 bits per heavy atom. The lowest BCUT2D eigenvalue weighted by molar-refractivity contribution is 0.768. The molecule has 1 heteroatoms. The second-order valence-electron chi connectivity index (χ2n) is 13.5. The van der Waals surface area contributed by atoms with Gasteiger partial charge in [0.1, 0.15) is 0 Å². The lowest BCUT2D eigenvalue weighted by atomic mass is 9.67. The molecular weight excluding hydrogens is 639 g/mol. The molecule has 0 aromatic heterocycles. The Balaban J connectivity index is 1.12. The lowest BCUT2D eigenvalue weighted by Crippen LogP contribution is -2.28. The van der Waals surface area contributed by atoms with Crippen molar-refractivity contribution in [3.05, 3.63) is 251 Å². The molecule has 0 saturated heterocycles. The van der Waals surface area contributed by atoms with Crippen molar-refractivity contribution >= 4 is 17.0 Å². The van der Waals surface area contributed by atoms with Crippen LogP contribution in [0.3, 0.4) is 0 Å². The van der Waals surface area contributed by atoms with Crippen LogP contribution in [0.4, 0.5) is 0 Å². The molecule has 0 N–H and O–H groups in total. The van der Waals surface area contributed by atoms with Gasteiger partial charge in [-0.05, 0) is 86.7 Å². The molecule has 0 fully saturated rings. The van der Waals surface area contributed by atoms with Gasteiger partial charge in [-0.2, -0.15) is 0 Å². The summed E-state index contributed by atoms with van der Waals surface area (Å²) in [5, 5.41) is 0. The van der Waals surface area contributed by atoms with Crippen LogP contribution in [0.2, 0.25) is 0 Å². The zero-order valence-electron chi connectivity index (χ0n) is 30.2. The van der Waals surface area contributed by atoms with E-state index in [-0.39, 0.29) is 0 Å². The highest BCUT2D eigenvalue weighted by Crippen LogP contribution is 2.56. The van der Waals surface area contributed by atoms with Crippen LogP contribution in [0.5, 0.6) is 0 Å². The van der Waals surface area contributed by atoms with Crippen molar-refractivity contribution in [2.45, 2.75) is 19.3 Å². The standard InChI is InChI=1S/C52H41N/c1-4-46(42-18-8-5-9-19-42)37(2)36-51(43-20-10-6-11-21-43)53-38(3)39-28-30-40(31-29-39)41-32-34-45(35-33-41)52(44-22-12-7-13-23-44)49-26-16-14-24-47(49)48-25-15-17-27-50(48)52/h4-36H,2H2,1,3H3/b46-4+,51-36+,53-38+. The fraction of sp³-hybridized carbons (Fsp3) is 0.0577. The predicted molar refractivity (Wildman–Crippen MR) is 225 cm³/mol. The first-order valence-electron chi connectivity index (χ1n) is 18.3. The van der Waals surface area contributed by atoms with E-state index in [9.17, 15) is 0 Å². The highest BCUT2D eigenvalue weighted by Gasteiger charge is 2.45. The van der Waals surface area contributed by atoms with Gasteiger partial charge in [-0.15, -0.1) is 0 Å². The van der Waals surface area contributed by atoms with Crippen LogP contribution >= 0.6 is 0 Å². The van der Waals surface area contributed by atoms with Crippen LogP contribution in [-0.2, 0) is 5.41 Å². The number of nitrogens with zero attached hydrogens (tertiary/aromatic N) is 1. The average molecular weight is 680 g/mol. The van der Waals surface area contributed by atoms with E-state index >= 15 is 0 Å². The van der Waals surface area contributed by atoms with Crippen LogP contribution in [0.15, 0.2) is 217 Å². The van der Waals surface area contributed by atoms with Crippen LogP contribution in [0.1, 0.15) is 52.8 Å². The molecule has 0 bridgehead atoms. The van der Waals surface area contributed by atoms with E-state index in [4.69, 9.17) is 4.99 Å². The molecule has 0 radical (unpaired) electrons. The number of aliphatic imine (C=N–C) groups is 1. The van der Waals surface area contributed by atoms with Crippen molar-refractivity contribution in [3.63, 3.8) is 0 Å². The number of benzene rings is 7. The minimum Gasteiger partial charge on any atom is -0.252 e. The SMILES string of the molecule is C=C(/C=C(/N=C(\C)c1ccc(-c2ccc(C3(c4ccccc4)c4ccccc4-c4ccccc43)cc2)cc1)c1ccccc1)/C(=C\C)c1ccccc1. The molecule has 0 unspecified atom stereocenters. The molecule has 0 saturated carbocycles. The quantitative estimate of drug-likeness (QED) is 0.106. The average Bonchev–Trinajstić information content (AvgIpc) is 3.53. The van der Waals surface area contributed by atoms with Crippen molar-refractivity contribution in [1.82, 2.24) is 0 Å². The van der Waals surface area contributed by atoms with Gasteiger partial charge >= 0.3 is 0 Å². The summed E-state index contributed by atoms with van der Waals surface area (Å²) in [7, 11) is 0. The third kappa shape index (κ3) is 6.21. The number of hydrogen-bond donors (Lipinski definition) is 0. The number of hydrogen-bond acceptors (Lipinski definition) is 1. The van der Waals surface area contributed by atoms with Gasteiger partial charge in [0.25, 0.3) is 0 Å². The van der Waals surface area contributed by atoms with Crippen molar-refractivity contribution in [2.24, 2.45) is 4.99 Å². The number of allylic oxidation sites excluding steroid dienone is 4. The summed E-state index contributed by atoms with van der Waals surface area (Å²) in [6.07, 6.45) is 4.21. The van der Waals surface area contributed by atoms with Crippen LogP contribution in [0.25, 0.3) is 33.5 Å². The van der Waals surface area contributed by atoms with E-state index < -0.39 is 5.41 Å². The second kappa shape index (κ2) is 14.6. The summed E-state index contributed by atoms with van der Waals surface area (Å²) < 4.78 is 0. The molecule has 7 aromatic carbocycles. The number of rotatable bonds is 9. The van der Waals surface area contributed by atoms with Gasteiger partial charge in [-0.3, -0.25) is 4.99 Å². The summed E-state index contributed by atoms with van der Waals surface area (Å²) in [5.74, 6) is 0. The maximum absolute atomic E-state index is 5.19. The van der Waals surface area contributed by atoms with Crippen molar-refractivity contribution in [2.75, 3.05) is 0 Å². The molecule has 7 aromatic rings. The molecule has 254 valence electrons. The first-order chi connectivity index (χ1) is 26.1. The van der Waals surface area contributed by atoms with E-state index in [1.165, 1.54) is 44.5 Å². The zero-order valence-corrected chi connectivity index (χ0v) is 30.2. The summed E-state index contributed by atoms with van der Waals surface area (Å²) in [6.45, 7) is 8.59. The van der Waals surface area contributed by atoms with Crippen LogP contribution < -0.4 is 0 Å². The fourth-order valence-corrected chi connectivity index (χ4v) is 7.96. The number of fused-ring (bicyclic) bond motifs is 3. The summed E-state index contributed by atoms with van der Waals surface area (Å²) in [4.78, 5) is 5.19. The Morgan fingerprint density at radius 3 is 1.49 bits per heavy atom. The molecule has 0 aliphatic heterocycles. The fourth-order valence-electron chi connectivity index (χ4n) is 7.96. The first-order valence-corrected chi connectivity index (χ1v) is 18.3. The Labute approximate surface area is 313 Å². The predicted octanol–water partition coefficient (Wildman–Crippen LogP) is 13.2. The molecule has 0 amide bonds. The molecular formula is C52H41N. The van der Waals surface area contributed by atoms with Crippen LogP contribution in [-0.4, -0.2) is 5.71 Å². The second-order valence-corrected chi connectivity index (χ2v) is 13.5. The van der Waals surface area contributed by atoms with E-state index in [0.29, 0.717) is 0 Å². The minimum atomic E-state index is -0.394. The monoisotopic (exact) mass is 679 g/mol. The summed E-state index contributed by atoms with van der Waals surface area (Å²) in [5.41, 5.74) is 16.9. The first kappa shape index (κ1) is 33.6. The van der Waals surface area contributed by atoms with Crippen molar-refractivity contribution < 1.29 is 0 Å².